The van der Waals surface area contributed by atoms with Gasteiger partial charge in [-0.25, -0.2) is 4.39 Å². The third-order valence-corrected chi connectivity index (χ3v) is 2.23. The van der Waals surface area contributed by atoms with E-state index in [1.165, 1.54) is 0 Å². The van der Waals surface area contributed by atoms with E-state index < -0.39 is 0 Å². The maximum absolute atomic E-state index is 13.5. The lowest BCUT2D eigenvalue weighted by Crippen LogP contribution is -2.09. The summed E-state index contributed by atoms with van der Waals surface area (Å²) in [6, 6.07) is 0. The van der Waals surface area contributed by atoms with Crippen LogP contribution in [0.25, 0.3) is 0 Å². The monoisotopic (exact) mass is 204 g/mol. The fourth-order valence-corrected chi connectivity index (χ4v) is 1.13. The first kappa shape index (κ1) is 12.7. The summed E-state index contributed by atoms with van der Waals surface area (Å²) in [5.74, 6) is -0.337. The van der Waals surface area contributed by atoms with Crippen molar-refractivity contribution in [2.24, 2.45) is 5.41 Å². The molecule has 0 N–H and O–H groups in total. The molecule has 0 unspecified atom stereocenters. The third kappa shape index (κ3) is 3.95. The molecule has 76 valence electrons. The van der Waals surface area contributed by atoms with Crippen LogP contribution in [0.1, 0.15) is 40.5 Å². The molecule has 0 heterocycles. The average Bonchev–Trinajstić information content (AvgIpc) is 2.00. The summed E-state index contributed by atoms with van der Waals surface area (Å²) in [5.41, 5.74) is 0.226. The summed E-state index contributed by atoms with van der Waals surface area (Å²) < 4.78 is 13.5. The van der Waals surface area contributed by atoms with Gasteiger partial charge < -0.3 is 0 Å². The Balaban J connectivity index is 4.68. The van der Waals surface area contributed by atoms with Crippen molar-refractivity contribution in [2.75, 3.05) is 0 Å². The van der Waals surface area contributed by atoms with Crippen LogP contribution in [0, 0.1) is 5.41 Å². The second kappa shape index (κ2) is 4.80. The van der Waals surface area contributed by atoms with Gasteiger partial charge in [0.2, 0.25) is 0 Å². The second-order valence-corrected chi connectivity index (χ2v) is 4.65. The van der Waals surface area contributed by atoms with E-state index in [9.17, 15) is 4.39 Å². The first-order valence-corrected chi connectivity index (χ1v) is 4.92. The Morgan fingerprint density at radius 1 is 1.38 bits per heavy atom. The molecule has 0 saturated heterocycles. The minimum absolute atomic E-state index is 0.252. The zero-order valence-corrected chi connectivity index (χ0v) is 9.63. The fourth-order valence-electron chi connectivity index (χ4n) is 0.822. The van der Waals surface area contributed by atoms with Crippen LogP contribution >= 0.6 is 11.6 Å². The fraction of sp³-hybridized carbons (Fsp3) is 0.636. The minimum Gasteiger partial charge on any atom is -0.205 e. The van der Waals surface area contributed by atoms with E-state index in [2.05, 4.69) is 6.58 Å². The van der Waals surface area contributed by atoms with Crippen LogP contribution in [0.15, 0.2) is 23.0 Å². The maximum Gasteiger partial charge on any atom is 0.140 e. The van der Waals surface area contributed by atoms with Gasteiger partial charge in [0.1, 0.15) is 5.83 Å². The lowest BCUT2D eigenvalue weighted by Gasteiger charge is -2.20. The Hall–Kier alpha value is -0.300. The Kier molecular flexibility index (Phi) is 4.69. The van der Waals surface area contributed by atoms with Crippen molar-refractivity contribution < 1.29 is 4.39 Å². The molecule has 0 saturated carbocycles. The van der Waals surface area contributed by atoms with Crippen LogP contribution in [0.3, 0.4) is 0 Å². The van der Waals surface area contributed by atoms with E-state index >= 15 is 0 Å². The topological polar surface area (TPSA) is 0 Å². The van der Waals surface area contributed by atoms with E-state index in [0.29, 0.717) is 17.0 Å². The Morgan fingerprint density at radius 2 is 1.85 bits per heavy atom. The molecule has 0 aliphatic carbocycles. The smallest absolute Gasteiger partial charge is 0.140 e. The maximum atomic E-state index is 13.5. The van der Waals surface area contributed by atoms with Crippen molar-refractivity contribution in [1.29, 1.82) is 0 Å². The van der Waals surface area contributed by atoms with Gasteiger partial charge >= 0.3 is 0 Å². The van der Waals surface area contributed by atoms with Gasteiger partial charge in [0.15, 0.2) is 0 Å². The van der Waals surface area contributed by atoms with Gasteiger partial charge in [-0.05, 0) is 17.4 Å². The van der Waals surface area contributed by atoms with Gasteiger partial charge in [-0.15, -0.1) is 0 Å². The number of hydrogen-bond acceptors (Lipinski definition) is 0. The number of halogens is 2. The molecule has 0 atom stereocenters. The normalized spacial score (nSPS) is 14.0. The van der Waals surface area contributed by atoms with Crippen molar-refractivity contribution in [1.82, 2.24) is 0 Å². The molecule has 0 nitrogen and oxygen atoms in total. The summed E-state index contributed by atoms with van der Waals surface area (Å²) in [5, 5.41) is 0.294. The van der Waals surface area contributed by atoms with Gasteiger partial charge in [-0.3, -0.25) is 0 Å². The summed E-state index contributed by atoms with van der Waals surface area (Å²) in [7, 11) is 0. The van der Waals surface area contributed by atoms with Gasteiger partial charge in [-0.2, -0.15) is 0 Å². The van der Waals surface area contributed by atoms with Crippen LogP contribution in [0.2, 0.25) is 0 Å². The molecule has 2 heteroatoms. The summed E-state index contributed by atoms with van der Waals surface area (Å²) >= 11 is 5.78. The minimum atomic E-state index is -0.337. The van der Waals surface area contributed by atoms with E-state index in [-0.39, 0.29) is 11.2 Å². The highest BCUT2D eigenvalue weighted by Gasteiger charge is 2.20. The van der Waals surface area contributed by atoms with Crippen LogP contribution in [0.5, 0.6) is 0 Å². The largest absolute Gasteiger partial charge is 0.205 e. The lowest BCUT2D eigenvalue weighted by atomic mass is 9.86. The molecule has 0 aliphatic rings. The molecule has 13 heavy (non-hydrogen) atoms. The van der Waals surface area contributed by atoms with Crippen LogP contribution in [-0.4, -0.2) is 0 Å². The standard InChI is InChI=1S/C11H18ClF/c1-6-7-9(12)10(13)8(2)11(3,4)5/h2,6-7H2,1,3-5H3/b10-9-. The first-order chi connectivity index (χ1) is 5.80. The van der Waals surface area contributed by atoms with E-state index in [1.54, 1.807) is 0 Å². The van der Waals surface area contributed by atoms with Gasteiger partial charge in [0.25, 0.3) is 0 Å². The predicted molar refractivity (Wildman–Crippen MR) is 57.5 cm³/mol. The van der Waals surface area contributed by atoms with E-state index in [4.69, 9.17) is 11.6 Å². The van der Waals surface area contributed by atoms with Crippen molar-refractivity contribution in [3.63, 3.8) is 0 Å². The Bertz CT molecular complexity index is 221. The molecular formula is C11H18ClF. The van der Waals surface area contributed by atoms with Crippen LogP contribution < -0.4 is 0 Å². The lowest BCUT2D eigenvalue weighted by molar-refractivity contribution is 0.473. The molecular weight excluding hydrogens is 187 g/mol. The molecule has 0 rings (SSSR count). The van der Waals surface area contributed by atoms with E-state index in [1.807, 2.05) is 27.7 Å². The van der Waals surface area contributed by atoms with Crippen LogP contribution in [-0.2, 0) is 0 Å². The van der Waals surface area contributed by atoms with Crippen LogP contribution in [0.4, 0.5) is 4.39 Å². The molecule has 0 bridgehead atoms. The van der Waals surface area contributed by atoms with Gasteiger partial charge in [0, 0.05) is 0 Å². The molecule has 0 aromatic carbocycles. The third-order valence-electron chi connectivity index (χ3n) is 1.88. The molecule has 0 amide bonds. The molecule has 0 aromatic heterocycles. The first-order valence-electron chi connectivity index (χ1n) is 4.54. The molecule has 0 spiro atoms. The van der Waals surface area contributed by atoms with Gasteiger partial charge in [-0.1, -0.05) is 52.3 Å². The zero-order chi connectivity index (χ0) is 10.6. The highest BCUT2D eigenvalue weighted by Crippen LogP contribution is 2.34. The Labute approximate surface area is 85.5 Å². The van der Waals surface area contributed by atoms with Crippen molar-refractivity contribution in [3.8, 4) is 0 Å². The molecule has 0 aliphatic heterocycles. The van der Waals surface area contributed by atoms with Crippen molar-refractivity contribution >= 4 is 11.6 Å². The molecule has 0 aromatic rings. The molecule has 0 fully saturated rings. The number of allylic oxidation sites excluding steroid dienone is 3. The zero-order valence-electron chi connectivity index (χ0n) is 8.88. The summed E-state index contributed by atoms with van der Waals surface area (Å²) in [4.78, 5) is 0. The number of hydrogen-bond donors (Lipinski definition) is 0. The predicted octanol–water partition coefficient (Wildman–Crippen LogP) is 4.81. The van der Waals surface area contributed by atoms with Gasteiger partial charge in [0.05, 0.1) is 5.03 Å². The SMILES string of the molecule is C=C(/C(F)=C(/Cl)CCC)C(C)(C)C. The second-order valence-electron chi connectivity index (χ2n) is 4.20. The van der Waals surface area contributed by atoms with Crippen molar-refractivity contribution in [3.05, 3.63) is 23.0 Å². The summed E-state index contributed by atoms with van der Waals surface area (Å²) in [6.45, 7) is 11.4. The number of rotatable bonds is 3. The highest BCUT2D eigenvalue weighted by molar-refractivity contribution is 6.30. The molecule has 0 radical (unpaired) electrons. The highest BCUT2D eigenvalue weighted by atomic mass is 35.5. The van der Waals surface area contributed by atoms with Crippen molar-refractivity contribution in [2.45, 2.75) is 40.5 Å². The average molecular weight is 205 g/mol. The Morgan fingerprint density at radius 3 is 2.15 bits per heavy atom. The quantitative estimate of drug-likeness (QED) is 0.579. The summed E-state index contributed by atoms with van der Waals surface area (Å²) in [6.07, 6.45) is 1.44. The van der Waals surface area contributed by atoms with E-state index in [0.717, 1.165) is 6.42 Å².